The van der Waals surface area contributed by atoms with E-state index in [1.54, 1.807) is 0 Å². The molecule has 1 aliphatic heterocycles. The molecule has 244 valence electrons. The minimum Gasteiger partial charge on any atom is -0.356 e. The second-order valence-corrected chi connectivity index (χ2v) is 13.6. The number of hydrogen-bond donors (Lipinski definition) is 0. The van der Waals surface area contributed by atoms with Gasteiger partial charge in [-0.05, 0) is 25.7 Å². The summed E-state index contributed by atoms with van der Waals surface area (Å²) in [6.45, 7) is 9.47. The first-order valence-electron chi connectivity index (χ1n) is 19.5. The van der Waals surface area contributed by atoms with Crippen LogP contribution in [0, 0.1) is 0 Å². The van der Waals surface area contributed by atoms with Crippen molar-refractivity contribution in [3.63, 3.8) is 0 Å². The summed E-state index contributed by atoms with van der Waals surface area (Å²) in [6, 6.07) is 0. The van der Waals surface area contributed by atoms with Crippen molar-refractivity contribution in [3.05, 3.63) is 12.4 Å². The van der Waals surface area contributed by atoms with Crippen LogP contribution >= 0.6 is 0 Å². The number of unbranched alkanes of at least 4 members (excludes halogenated alkanes) is 27. The molecule has 0 spiro atoms. The highest BCUT2D eigenvalue weighted by Gasteiger charge is 2.24. The molecule has 1 heterocycles. The first-order valence-corrected chi connectivity index (χ1v) is 19.5. The fourth-order valence-corrected chi connectivity index (χ4v) is 6.72. The Morgan fingerprint density at radius 3 is 0.854 bits per heavy atom. The van der Waals surface area contributed by atoms with Crippen molar-refractivity contribution < 1.29 is 0 Å². The maximum absolute atomic E-state index is 2.71. The quantitative estimate of drug-likeness (QED) is 0.0719. The van der Waals surface area contributed by atoms with Gasteiger partial charge in [0.05, 0.1) is 0 Å². The zero-order valence-electron chi connectivity index (χ0n) is 29.0. The van der Waals surface area contributed by atoms with Crippen LogP contribution in [0.4, 0.5) is 0 Å². The molecule has 1 unspecified atom stereocenters. The van der Waals surface area contributed by atoms with Gasteiger partial charge in [0.1, 0.15) is 6.17 Å². The third-order valence-electron chi connectivity index (χ3n) is 9.57. The third-order valence-corrected chi connectivity index (χ3v) is 9.57. The number of hydrogen-bond acceptors (Lipinski definition) is 2. The Balaban J connectivity index is 2.13. The highest BCUT2D eigenvalue weighted by atomic mass is 15.4. The van der Waals surface area contributed by atoms with E-state index < -0.39 is 0 Å². The molecular formula is C39H78N2. The summed E-state index contributed by atoms with van der Waals surface area (Å²) in [5.74, 6) is 0. The van der Waals surface area contributed by atoms with Gasteiger partial charge >= 0.3 is 0 Å². The zero-order valence-corrected chi connectivity index (χ0v) is 29.0. The molecule has 41 heavy (non-hydrogen) atoms. The van der Waals surface area contributed by atoms with E-state index in [9.17, 15) is 0 Å². The Hall–Kier alpha value is -0.660. The monoisotopic (exact) mass is 575 g/mol. The standard InChI is InChI=1S/C39H78N2/c1-4-7-10-13-15-17-18-19-20-21-22-23-24-26-28-31-34-39-40(35-32-29-12-9-6-3)37-38-41(39)36-33-30-27-25-16-14-11-8-5-2/h37-39H,4-36H2,1-3H3. The summed E-state index contributed by atoms with van der Waals surface area (Å²) in [5, 5.41) is 0. The highest BCUT2D eigenvalue weighted by molar-refractivity contribution is 4.97. The van der Waals surface area contributed by atoms with Gasteiger partial charge < -0.3 is 9.80 Å². The van der Waals surface area contributed by atoms with Crippen molar-refractivity contribution in [1.29, 1.82) is 0 Å². The summed E-state index contributed by atoms with van der Waals surface area (Å²) in [4.78, 5) is 5.41. The van der Waals surface area contributed by atoms with Gasteiger partial charge in [-0.3, -0.25) is 0 Å². The van der Waals surface area contributed by atoms with E-state index in [1.807, 2.05) is 0 Å². The topological polar surface area (TPSA) is 6.48 Å². The minimum absolute atomic E-state index is 0.641. The highest BCUT2D eigenvalue weighted by Crippen LogP contribution is 2.24. The van der Waals surface area contributed by atoms with Crippen LogP contribution in [0.2, 0.25) is 0 Å². The van der Waals surface area contributed by atoms with Gasteiger partial charge in [0, 0.05) is 25.5 Å². The predicted octanol–water partition coefficient (Wildman–Crippen LogP) is 13.6. The molecule has 1 atom stereocenters. The molecule has 0 saturated heterocycles. The first kappa shape index (κ1) is 38.4. The second-order valence-electron chi connectivity index (χ2n) is 13.6. The summed E-state index contributed by atoms with van der Waals surface area (Å²) in [6.07, 6.45) is 50.0. The van der Waals surface area contributed by atoms with Crippen LogP contribution in [-0.2, 0) is 0 Å². The van der Waals surface area contributed by atoms with E-state index >= 15 is 0 Å². The van der Waals surface area contributed by atoms with Crippen LogP contribution in [0.5, 0.6) is 0 Å². The summed E-state index contributed by atoms with van der Waals surface area (Å²) >= 11 is 0. The molecule has 0 fully saturated rings. The lowest BCUT2D eigenvalue weighted by molar-refractivity contribution is 0.135. The molecule has 0 aromatic rings. The SMILES string of the molecule is CCCCCCCCCCCCCCCCCCC1N(CCCCCCC)C=CN1CCCCCCCCCCC. The van der Waals surface area contributed by atoms with E-state index in [1.165, 1.54) is 212 Å². The smallest absolute Gasteiger partial charge is 0.101 e. The lowest BCUT2D eigenvalue weighted by Gasteiger charge is -2.33. The molecule has 0 aromatic heterocycles. The van der Waals surface area contributed by atoms with E-state index in [-0.39, 0.29) is 0 Å². The van der Waals surface area contributed by atoms with E-state index in [4.69, 9.17) is 0 Å². The molecule has 0 amide bonds. The summed E-state index contributed by atoms with van der Waals surface area (Å²) < 4.78 is 0. The van der Waals surface area contributed by atoms with Crippen LogP contribution in [0.15, 0.2) is 12.4 Å². The average Bonchev–Trinajstić information content (AvgIpc) is 3.37. The van der Waals surface area contributed by atoms with Gasteiger partial charge in [0.15, 0.2) is 0 Å². The lowest BCUT2D eigenvalue weighted by Crippen LogP contribution is -2.39. The Morgan fingerprint density at radius 2 is 0.561 bits per heavy atom. The molecule has 1 rings (SSSR count). The molecule has 2 heteroatoms. The van der Waals surface area contributed by atoms with Crippen molar-refractivity contribution in [2.45, 2.75) is 226 Å². The molecule has 0 N–H and O–H groups in total. The van der Waals surface area contributed by atoms with Crippen molar-refractivity contribution >= 4 is 0 Å². The molecule has 2 nitrogen and oxygen atoms in total. The molecule has 0 radical (unpaired) electrons. The van der Waals surface area contributed by atoms with Crippen LogP contribution < -0.4 is 0 Å². The lowest BCUT2D eigenvalue weighted by atomic mass is 10.0. The van der Waals surface area contributed by atoms with Gasteiger partial charge in [-0.2, -0.15) is 0 Å². The van der Waals surface area contributed by atoms with Crippen LogP contribution in [-0.4, -0.2) is 29.1 Å². The molecule has 0 bridgehead atoms. The van der Waals surface area contributed by atoms with Crippen LogP contribution in [0.3, 0.4) is 0 Å². The first-order chi connectivity index (χ1) is 20.3. The van der Waals surface area contributed by atoms with E-state index in [2.05, 4.69) is 43.0 Å². The maximum Gasteiger partial charge on any atom is 0.101 e. The van der Waals surface area contributed by atoms with Gasteiger partial charge in [-0.25, -0.2) is 0 Å². The maximum atomic E-state index is 2.71. The van der Waals surface area contributed by atoms with E-state index in [0.29, 0.717) is 6.17 Å². The third kappa shape index (κ3) is 23.5. The van der Waals surface area contributed by atoms with Gasteiger partial charge in [-0.15, -0.1) is 0 Å². The normalized spacial score (nSPS) is 15.0. The van der Waals surface area contributed by atoms with Crippen LogP contribution in [0.25, 0.3) is 0 Å². The van der Waals surface area contributed by atoms with Crippen molar-refractivity contribution in [1.82, 2.24) is 9.80 Å². The fraction of sp³-hybridized carbons (Fsp3) is 0.949. The summed E-state index contributed by atoms with van der Waals surface area (Å²) in [7, 11) is 0. The van der Waals surface area contributed by atoms with Crippen molar-refractivity contribution in [3.8, 4) is 0 Å². The van der Waals surface area contributed by atoms with E-state index in [0.717, 1.165) is 0 Å². The Labute approximate surface area is 260 Å². The Bertz CT molecular complexity index is 530. The number of nitrogens with zero attached hydrogens (tertiary/aromatic N) is 2. The van der Waals surface area contributed by atoms with Crippen LogP contribution in [0.1, 0.15) is 220 Å². The van der Waals surface area contributed by atoms with Crippen molar-refractivity contribution in [2.75, 3.05) is 13.1 Å². The zero-order chi connectivity index (χ0) is 29.5. The molecular weight excluding hydrogens is 496 g/mol. The van der Waals surface area contributed by atoms with Gasteiger partial charge in [0.25, 0.3) is 0 Å². The molecule has 0 aromatic carbocycles. The summed E-state index contributed by atoms with van der Waals surface area (Å²) in [5.41, 5.74) is 0. The number of rotatable bonds is 33. The molecule has 0 saturated carbocycles. The van der Waals surface area contributed by atoms with Gasteiger partial charge in [0.2, 0.25) is 0 Å². The Morgan fingerprint density at radius 1 is 0.317 bits per heavy atom. The molecule has 0 aliphatic carbocycles. The largest absolute Gasteiger partial charge is 0.356 e. The van der Waals surface area contributed by atoms with Crippen molar-refractivity contribution in [2.24, 2.45) is 0 Å². The second kappa shape index (κ2) is 30.8. The van der Waals surface area contributed by atoms with Gasteiger partial charge in [-0.1, -0.05) is 194 Å². The minimum atomic E-state index is 0.641. The fourth-order valence-electron chi connectivity index (χ4n) is 6.72. The average molecular weight is 575 g/mol. The molecule has 1 aliphatic rings. The predicted molar refractivity (Wildman–Crippen MR) is 186 cm³/mol. The Kier molecular flexibility index (Phi) is 28.8.